The first-order chi connectivity index (χ1) is 9.22. The van der Waals surface area contributed by atoms with Gasteiger partial charge in [0, 0.05) is 13.1 Å². The molecule has 1 aliphatic heterocycles. The van der Waals surface area contributed by atoms with Crippen LogP contribution < -0.4 is 10.9 Å². The van der Waals surface area contributed by atoms with Crippen LogP contribution in [0.2, 0.25) is 5.02 Å². The van der Waals surface area contributed by atoms with Crippen molar-refractivity contribution in [1.82, 2.24) is 14.7 Å². The molecule has 0 spiro atoms. The third kappa shape index (κ3) is 3.68. The maximum Gasteiger partial charge on any atom is 0.287 e. The third-order valence-corrected chi connectivity index (χ3v) is 3.60. The number of anilines is 1. The van der Waals surface area contributed by atoms with E-state index in [0.717, 1.165) is 30.9 Å². The van der Waals surface area contributed by atoms with Crippen molar-refractivity contribution in [2.75, 3.05) is 38.1 Å². The molecule has 2 heterocycles. The standard InChI is InChI=1S/C12H19ClN4O2/c13-11-10(9-15-17(7-8-18)12(11)19)14-3-6-16-4-1-2-5-16/h9,14,18H,1-8H2. The second kappa shape index (κ2) is 6.88. The number of hydrogen-bond donors (Lipinski definition) is 2. The van der Waals surface area contributed by atoms with E-state index >= 15 is 0 Å². The monoisotopic (exact) mass is 286 g/mol. The summed E-state index contributed by atoms with van der Waals surface area (Å²) in [7, 11) is 0. The van der Waals surface area contributed by atoms with Crippen molar-refractivity contribution >= 4 is 17.3 Å². The van der Waals surface area contributed by atoms with E-state index in [0.29, 0.717) is 5.69 Å². The van der Waals surface area contributed by atoms with Crippen LogP contribution in [0.4, 0.5) is 5.69 Å². The lowest BCUT2D eigenvalue weighted by molar-refractivity contribution is 0.266. The highest BCUT2D eigenvalue weighted by atomic mass is 35.5. The Morgan fingerprint density at radius 1 is 1.37 bits per heavy atom. The van der Waals surface area contributed by atoms with Gasteiger partial charge >= 0.3 is 0 Å². The normalized spacial score (nSPS) is 15.9. The Morgan fingerprint density at radius 2 is 2.11 bits per heavy atom. The zero-order chi connectivity index (χ0) is 13.7. The Labute approximate surface area is 117 Å². The number of halogens is 1. The van der Waals surface area contributed by atoms with E-state index in [2.05, 4.69) is 15.3 Å². The van der Waals surface area contributed by atoms with Gasteiger partial charge in [0.2, 0.25) is 0 Å². The summed E-state index contributed by atoms with van der Waals surface area (Å²) in [6, 6.07) is 0. The minimum Gasteiger partial charge on any atom is -0.394 e. The Bertz CT molecular complexity index is 471. The number of nitrogens with one attached hydrogen (secondary N) is 1. The number of aliphatic hydroxyl groups is 1. The van der Waals surface area contributed by atoms with Crippen molar-refractivity contribution < 1.29 is 5.11 Å². The largest absolute Gasteiger partial charge is 0.394 e. The quantitative estimate of drug-likeness (QED) is 0.792. The van der Waals surface area contributed by atoms with Crippen LogP contribution in [0.5, 0.6) is 0 Å². The minimum atomic E-state index is -0.373. The van der Waals surface area contributed by atoms with Gasteiger partial charge in [-0.05, 0) is 25.9 Å². The molecule has 2 rings (SSSR count). The molecule has 7 heteroatoms. The highest BCUT2D eigenvalue weighted by molar-refractivity contribution is 6.32. The van der Waals surface area contributed by atoms with Gasteiger partial charge < -0.3 is 15.3 Å². The van der Waals surface area contributed by atoms with Crippen LogP contribution in [0.3, 0.4) is 0 Å². The van der Waals surface area contributed by atoms with Crippen molar-refractivity contribution in [2.45, 2.75) is 19.4 Å². The van der Waals surface area contributed by atoms with E-state index in [1.54, 1.807) is 0 Å². The van der Waals surface area contributed by atoms with Crippen LogP contribution in [0, 0.1) is 0 Å². The minimum absolute atomic E-state index is 0.130. The van der Waals surface area contributed by atoms with Gasteiger partial charge in [-0.3, -0.25) is 4.79 Å². The smallest absolute Gasteiger partial charge is 0.287 e. The van der Waals surface area contributed by atoms with E-state index in [9.17, 15) is 4.79 Å². The van der Waals surface area contributed by atoms with Crippen molar-refractivity contribution in [2.24, 2.45) is 0 Å². The predicted molar refractivity (Wildman–Crippen MR) is 74.8 cm³/mol. The fourth-order valence-electron chi connectivity index (χ4n) is 2.20. The summed E-state index contributed by atoms with van der Waals surface area (Å²) < 4.78 is 1.16. The maximum atomic E-state index is 11.8. The molecule has 2 N–H and O–H groups in total. The first-order valence-electron chi connectivity index (χ1n) is 6.55. The van der Waals surface area contributed by atoms with Crippen molar-refractivity contribution in [1.29, 1.82) is 0 Å². The molecule has 0 atom stereocenters. The fourth-order valence-corrected chi connectivity index (χ4v) is 2.41. The summed E-state index contributed by atoms with van der Waals surface area (Å²) >= 11 is 6.00. The summed E-state index contributed by atoms with van der Waals surface area (Å²) in [5, 5.41) is 16.0. The SMILES string of the molecule is O=c1c(Cl)c(NCCN2CCCC2)cnn1CCO. The predicted octanol–water partition coefficient (Wildman–Crippen LogP) is 0.397. The molecule has 0 bridgehead atoms. The molecular formula is C12H19ClN4O2. The molecule has 0 saturated carbocycles. The van der Waals surface area contributed by atoms with Crippen LogP contribution in [-0.4, -0.2) is 52.6 Å². The van der Waals surface area contributed by atoms with Gasteiger partial charge in [-0.1, -0.05) is 11.6 Å². The maximum absolute atomic E-state index is 11.8. The second-order valence-electron chi connectivity index (χ2n) is 4.60. The molecule has 1 aromatic rings. The molecule has 1 fully saturated rings. The summed E-state index contributed by atoms with van der Waals surface area (Å²) in [4.78, 5) is 14.2. The van der Waals surface area contributed by atoms with E-state index in [-0.39, 0.29) is 23.7 Å². The molecule has 1 aliphatic rings. The Balaban J connectivity index is 1.92. The molecule has 19 heavy (non-hydrogen) atoms. The van der Waals surface area contributed by atoms with Crippen LogP contribution in [0.1, 0.15) is 12.8 Å². The number of nitrogens with zero attached hydrogens (tertiary/aromatic N) is 3. The highest BCUT2D eigenvalue weighted by Gasteiger charge is 2.12. The number of aromatic nitrogens is 2. The van der Waals surface area contributed by atoms with E-state index in [4.69, 9.17) is 16.7 Å². The van der Waals surface area contributed by atoms with Gasteiger partial charge in [0.25, 0.3) is 5.56 Å². The van der Waals surface area contributed by atoms with Crippen LogP contribution >= 0.6 is 11.6 Å². The highest BCUT2D eigenvalue weighted by Crippen LogP contribution is 2.15. The third-order valence-electron chi connectivity index (χ3n) is 3.24. The van der Waals surface area contributed by atoms with Gasteiger partial charge in [-0.25, -0.2) is 4.68 Å². The van der Waals surface area contributed by atoms with E-state index in [1.807, 2.05) is 0 Å². The number of aliphatic hydroxyl groups excluding tert-OH is 1. The molecule has 0 amide bonds. The van der Waals surface area contributed by atoms with E-state index < -0.39 is 0 Å². The summed E-state index contributed by atoms with van der Waals surface area (Å²) in [5.41, 5.74) is 0.182. The molecule has 106 valence electrons. The molecule has 0 unspecified atom stereocenters. The summed E-state index contributed by atoms with van der Waals surface area (Å²) in [5.74, 6) is 0. The molecular weight excluding hydrogens is 268 g/mol. The van der Waals surface area contributed by atoms with Crippen LogP contribution in [-0.2, 0) is 6.54 Å². The van der Waals surface area contributed by atoms with Crippen LogP contribution in [0.25, 0.3) is 0 Å². The lowest BCUT2D eigenvalue weighted by atomic mass is 10.4. The average molecular weight is 287 g/mol. The van der Waals surface area contributed by atoms with Gasteiger partial charge in [0.15, 0.2) is 0 Å². The van der Waals surface area contributed by atoms with Gasteiger partial charge in [0.05, 0.1) is 25.0 Å². The topological polar surface area (TPSA) is 70.4 Å². The Kier molecular flexibility index (Phi) is 5.18. The zero-order valence-corrected chi connectivity index (χ0v) is 11.6. The van der Waals surface area contributed by atoms with Gasteiger partial charge in [-0.2, -0.15) is 5.10 Å². The number of likely N-dealkylation sites (tertiary alicyclic amines) is 1. The average Bonchev–Trinajstić information content (AvgIpc) is 2.91. The Hall–Kier alpha value is -1.11. The van der Waals surface area contributed by atoms with Gasteiger partial charge in [-0.15, -0.1) is 0 Å². The fraction of sp³-hybridized carbons (Fsp3) is 0.667. The van der Waals surface area contributed by atoms with Crippen molar-refractivity contribution in [3.05, 3.63) is 21.6 Å². The van der Waals surface area contributed by atoms with Crippen molar-refractivity contribution in [3.63, 3.8) is 0 Å². The lowest BCUT2D eigenvalue weighted by Crippen LogP contribution is -2.28. The first-order valence-corrected chi connectivity index (χ1v) is 6.93. The first kappa shape index (κ1) is 14.3. The molecule has 1 aromatic heterocycles. The zero-order valence-electron chi connectivity index (χ0n) is 10.8. The molecule has 6 nitrogen and oxygen atoms in total. The number of hydrogen-bond acceptors (Lipinski definition) is 5. The lowest BCUT2D eigenvalue weighted by Gasteiger charge is -2.15. The van der Waals surface area contributed by atoms with Crippen molar-refractivity contribution in [3.8, 4) is 0 Å². The van der Waals surface area contributed by atoms with Gasteiger partial charge in [0.1, 0.15) is 5.02 Å². The Morgan fingerprint density at radius 3 is 2.79 bits per heavy atom. The number of rotatable bonds is 6. The molecule has 1 saturated heterocycles. The van der Waals surface area contributed by atoms with E-state index in [1.165, 1.54) is 19.0 Å². The summed E-state index contributed by atoms with van der Waals surface area (Å²) in [6.45, 7) is 4.00. The second-order valence-corrected chi connectivity index (χ2v) is 4.98. The molecule has 0 aromatic carbocycles. The molecule has 0 radical (unpaired) electrons. The molecule has 0 aliphatic carbocycles. The van der Waals surface area contributed by atoms with Crippen LogP contribution in [0.15, 0.2) is 11.0 Å². The summed E-state index contributed by atoms with van der Waals surface area (Å²) in [6.07, 6.45) is 4.06.